The van der Waals surface area contributed by atoms with Gasteiger partial charge in [-0.2, -0.15) is 0 Å². The van der Waals surface area contributed by atoms with Crippen LogP contribution in [-0.4, -0.2) is 21.0 Å². The van der Waals surface area contributed by atoms with E-state index in [9.17, 15) is 4.79 Å². The Morgan fingerprint density at radius 2 is 1.90 bits per heavy atom. The average molecular weight is 437 g/mol. The molecule has 0 fully saturated rings. The van der Waals surface area contributed by atoms with Crippen LogP contribution < -0.4 is 5.32 Å². The second-order valence-electron chi connectivity index (χ2n) is 6.70. The summed E-state index contributed by atoms with van der Waals surface area (Å²) in [5, 5.41) is 8.14. The van der Waals surface area contributed by atoms with E-state index in [0.29, 0.717) is 21.5 Å². The van der Waals surface area contributed by atoms with Gasteiger partial charge >= 0.3 is 0 Å². The number of nitrogens with one attached hydrogen (secondary N) is 1. The molecule has 0 aliphatic carbocycles. The molecule has 0 radical (unpaired) electrons. The Labute approximate surface area is 182 Å². The van der Waals surface area contributed by atoms with Gasteiger partial charge in [-0.1, -0.05) is 46.8 Å². The number of aromatic nitrogens is 3. The van der Waals surface area contributed by atoms with Crippen molar-refractivity contribution in [2.24, 2.45) is 0 Å². The number of nitrogens with zero attached hydrogens (tertiary/aromatic N) is 3. The molecule has 30 heavy (non-hydrogen) atoms. The van der Waals surface area contributed by atoms with Gasteiger partial charge < -0.3 is 4.52 Å². The maximum Gasteiger partial charge on any atom is 0.260 e. The Kier molecular flexibility index (Phi) is 5.96. The van der Waals surface area contributed by atoms with Crippen molar-refractivity contribution in [1.82, 2.24) is 15.1 Å². The summed E-state index contributed by atoms with van der Waals surface area (Å²) in [6.07, 6.45) is 1.69. The smallest absolute Gasteiger partial charge is 0.260 e. The lowest BCUT2D eigenvalue weighted by molar-refractivity contribution is 0.102. The van der Waals surface area contributed by atoms with Gasteiger partial charge in [0.25, 0.3) is 5.91 Å². The van der Waals surface area contributed by atoms with E-state index in [4.69, 9.17) is 4.52 Å². The zero-order valence-electron chi connectivity index (χ0n) is 16.8. The minimum atomic E-state index is -0.224. The van der Waals surface area contributed by atoms with Crippen LogP contribution in [0.1, 0.15) is 33.1 Å². The van der Waals surface area contributed by atoms with E-state index in [-0.39, 0.29) is 5.91 Å². The van der Waals surface area contributed by atoms with Crippen LogP contribution in [-0.2, 0) is 5.75 Å². The monoisotopic (exact) mass is 436 g/mol. The Hall–Kier alpha value is -2.97. The fraction of sp³-hybridized carbons (Fsp3) is 0.182. The van der Waals surface area contributed by atoms with E-state index < -0.39 is 0 Å². The zero-order valence-corrected chi connectivity index (χ0v) is 18.4. The molecule has 152 valence electrons. The third-order valence-electron chi connectivity index (χ3n) is 4.60. The zero-order chi connectivity index (χ0) is 21.1. The second kappa shape index (κ2) is 8.81. The number of hydrogen-bond donors (Lipinski definition) is 1. The summed E-state index contributed by atoms with van der Waals surface area (Å²) in [6.45, 7) is 5.74. The van der Waals surface area contributed by atoms with Gasteiger partial charge in [0.1, 0.15) is 10.8 Å². The molecule has 0 atom stereocenters. The van der Waals surface area contributed by atoms with Gasteiger partial charge in [0.15, 0.2) is 5.13 Å². The van der Waals surface area contributed by atoms with Crippen molar-refractivity contribution in [3.8, 4) is 10.4 Å². The number of aryl methyl sites for hydroxylation is 3. The molecule has 4 rings (SSSR count). The van der Waals surface area contributed by atoms with Gasteiger partial charge in [-0.05, 0) is 38.5 Å². The normalized spacial score (nSPS) is 10.9. The van der Waals surface area contributed by atoms with Gasteiger partial charge in [0.2, 0.25) is 0 Å². The Morgan fingerprint density at radius 1 is 1.10 bits per heavy atom. The van der Waals surface area contributed by atoms with E-state index in [2.05, 4.69) is 20.4 Å². The lowest BCUT2D eigenvalue weighted by Crippen LogP contribution is -2.13. The molecular formula is C22H20N4O2S2. The predicted molar refractivity (Wildman–Crippen MR) is 120 cm³/mol. The topological polar surface area (TPSA) is 80.9 Å². The van der Waals surface area contributed by atoms with Gasteiger partial charge in [-0.3, -0.25) is 10.1 Å². The van der Waals surface area contributed by atoms with Gasteiger partial charge in [-0.25, -0.2) is 9.97 Å². The summed E-state index contributed by atoms with van der Waals surface area (Å²) < 4.78 is 5.22. The Morgan fingerprint density at radius 3 is 2.63 bits per heavy atom. The molecule has 0 spiro atoms. The molecule has 0 saturated carbocycles. The van der Waals surface area contributed by atoms with Crippen LogP contribution >= 0.6 is 23.1 Å². The minimum absolute atomic E-state index is 0.224. The van der Waals surface area contributed by atoms with Gasteiger partial charge in [0, 0.05) is 17.5 Å². The highest BCUT2D eigenvalue weighted by Gasteiger charge is 2.18. The Bertz CT molecular complexity index is 1170. The van der Waals surface area contributed by atoms with Crippen LogP contribution in [0.5, 0.6) is 0 Å². The standard InChI is InChI=1S/C22H20N4O2S2/c1-13-18(15(3)28-26-13)12-29-21-17(10-7-11-23-21)20(27)25-22-24-14(2)19(30-22)16-8-5-4-6-9-16/h4-11H,12H2,1-3H3,(H,24,25,27). The van der Waals surface area contributed by atoms with Crippen LogP contribution in [0, 0.1) is 20.8 Å². The first kappa shape index (κ1) is 20.3. The first-order chi connectivity index (χ1) is 14.5. The van der Waals surface area contributed by atoms with Crippen molar-refractivity contribution < 1.29 is 9.32 Å². The van der Waals surface area contributed by atoms with E-state index in [0.717, 1.165) is 33.2 Å². The molecule has 8 heteroatoms. The number of anilines is 1. The maximum absolute atomic E-state index is 13.0. The molecule has 1 N–H and O–H groups in total. The molecule has 0 aliphatic heterocycles. The molecule has 6 nitrogen and oxygen atoms in total. The summed E-state index contributed by atoms with van der Waals surface area (Å²) in [6, 6.07) is 13.6. The van der Waals surface area contributed by atoms with Crippen molar-refractivity contribution >= 4 is 34.1 Å². The third kappa shape index (κ3) is 4.29. The average Bonchev–Trinajstić information content (AvgIpc) is 3.28. The fourth-order valence-electron chi connectivity index (χ4n) is 3.00. The molecule has 1 amide bonds. The second-order valence-corrected chi connectivity index (χ2v) is 8.66. The van der Waals surface area contributed by atoms with Crippen molar-refractivity contribution in [3.63, 3.8) is 0 Å². The van der Waals surface area contributed by atoms with Crippen molar-refractivity contribution in [1.29, 1.82) is 0 Å². The first-order valence-electron chi connectivity index (χ1n) is 9.36. The largest absolute Gasteiger partial charge is 0.361 e. The summed E-state index contributed by atoms with van der Waals surface area (Å²) in [4.78, 5) is 22.9. The van der Waals surface area contributed by atoms with Gasteiger partial charge in [0.05, 0.1) is 21.8 Å². The highest BCUT2D eigenvalue weighted by atomic mass is 32.2. The van der Waals surface area contributed by atoms with E-state index in [1.54, 1.807) is 18.3 Å². The third-order valence-corrected chi connectivity index (χ3v) is 6.76. The summed E-state index contributed by atoms with van der Waals surface area (Å²) in [5.41, 5.74) is 4.38. The van der Waals surface area contributed by atoms with Crippen molar-refractivity contribution in [2.45, 2.75) is 31.6 Å². The predicted octanol–water partition coefficient (Wildman–Crippen LogP) is 5.66. The molecule has 3 heterocycles. The van der Waals surface area contributed by atoms with Crippen LogP contribution in [0.3, 0.4) is 0 Å². The van der Waals surface area contributed by atoms with Crippen LogP contribution in [0.4, 0.5) is 5.13 Å². The van der Waals surface area contributed by atoms with E-state index in [1.807, 2.05) is 51.1 Å². The quantitative estimate of drug-likeness (QED) is 0.393. The van der Waals surface area contributed by atoms with Crippen molar-refractivity contribution in [2.75, 3.05) is 5.32 Å². The Balaban J connectivity index is 1.52. The minimum Gasteiger partial charge on any atom is -0.361 e. The maximum atomic E-state index is 13.0. The van der Waals surface area contributed by atoms with Crippen molar-refractivity contribution in [3.05, 3.63) is 76.9 Å². The molecule has 4 aromatic rings. The number of benzene rings is 1. The lowest BCUT2D eigenvalue weighted by atomic mass is 10.2. The SMILES string of the molecule is Cc1nc(NC(=O)c2cccnc2SCc2c(C)noc2C)sc1-c1ccccc1. The number of pyridine rings is 1. The lowest BCUT2D eigenvalue weighted by Gasteiger charge is -2.07. The molecule has 0 bridgehead atoms. The highest BCUT2D eigenvalue weighted by molar-refractivity contribution is 7.98. The van der Waals surface area contributed by atoms with E-state index in [1.165, 1.54) is 23.1 Å². The molecule has 0 saturated heterocycles. The molecular weight excluding hydrogens is 416 g/mol. The van der Waals surface area contributed by atoms with E-state index >= 15 is 0 Å². The first-order valence-corrected chi connectivity index (χ1v) is 11.2. The molecule has 0 unspecified atom stereocenters. The molecule has 3 aromatic heterocycles. The highest BCUT2D eigenvalue weighted by Crippen LogP contribution is 2.33. The number of carbonyl (C=O) groups excluding carboxylic acids is 1. The summed E-state index contributed by atoms with van der Waals surface area (Å²) in [5.74, 6) is 1.19. The number of rotatable bonds is 6. The number of thiazole rings is 1. The number of amides is 1. The van der Waals surface area contributed by atoms with Gasteiger partial charge in [-0.15, -0.1) is 11.8 Å². The number of carbonyl (C=O) groups is 1. The molecule has 0 aliphatic rings. The molecule has 1 aromatic carbocycles. The van der Waals surface area contributed by atoms with Crippen LogP contribution in [0.15, 0.2) is 58.2 Å². The fourth-order valence-corrected chi connectivity index (χ4v) is 5.11. The van der Waals surface area contributed by atoms with Crippen LogP contribution in [0.2, 0.25) is 0 Å². The summed E-state index contributed by atoms with van der Waals surface area (Å²) >= 11 is 2.95. The summed E-state index contributed by atoms with van der Waals surface area (Å²) in [7, 11) is 0. The number of hydrogen-bond acceptors (Lipinski definition) is 7. The van der Waals surface area contributed by atoms with Crippen LogP contribution in [0.25, 0.3) is 10.4 Å². The number of thioether (sulfide) groups is 1.